The molecule has 0 radical (unpaired) electrons. The molecule has 0 spiro atoms. The van der Waals surface area contributed by atoms with Crippen LogP contribution in [-0.4, -0.2) is 72.6 Å². The van der Waals surface area contributed by atoms with Gasteiger partial charge in [0.15, 0.2) is 0 Å². The average Bonchev–Trinajstić information content (AvgIpc) is 2.53. The van der Waals surface area contributed by atoms with E-state index in [2.05, 4.69) is 0 Å². The van der Waals surface area contributed by atoms with Gasteiger partial charge in [-0.15, -0.1) is 0 Å². The first-order valence-electron chi connectivity index (χ1n) is 8.45. The summed E-state index contributed by atoms with van der Waals surface area (Å²) in [6, 6.07) is 0.108. The second-order valence-corrected chi connectivity index (χ2v) is 9.22. The second kappa shape index (κ2) is 7.04. The van der Waals surface area contributed by atoms with E-state index in [4.69, 9.17) is 5.73 Å². The summed E-state index contributed by atoms with van der Waals surface area (Å²) in [5.41, 5.74) is 4.93. The molecule has 23 heavy (non-hydrogen) atoms. The number of carbonyl (C=O) groups excluding carboxylic acids is 1. The van der Waals surface area contributed by atoms with Gasteiger partial charge in [-0.1, -0.05) is 19.3 Å². The zero-order valence-corrected chi connectivity index (χ0v) is 15.3. The highest BCUT2D eigenvalue weighted by Gasteiger charge is 2.37. The van der Waals surface area contributed by atoms with Crippen molar-refractivity contribution in [3.05, 3.63) is 0 Å². The van der Waals surface area contributed by atoms with Gasteiger partial charge in [-0.05, 0) is 26.7 Å². The summed E-state index contributed by atoms with van der Waals surface area (Å²) in [7, 11) is -1.76. The maximum absolute atomic E-state index is 12.8. The Bertz CT molecular complexity index is 515. The highest BCUT2D eigenvalue weighted by Crippen LogP contribution is 2.25. The molecule has 0 aromatic rings. The van der Waals surface area contributed by atoms with Gasteiger partial charge < -0.3 is 10.6 Å². The number of amides is 1. The van der Waals surface area contributed by atoms with Crippen LogP contribution in [0.3, 0.4) is 0 Å². The molecule has 1 heterocycles. The van der Waals surface area contributed by atoms with Gasteiger partial charge in [0.1, 0.15) is 0 Å². The molecule has 2 rings (SSSR count). The molecule has 1 amide bonds. The van der Waals surface area contributed by atoms with Crippen molar-refractivity contribution in [2.24, 2.45) is 5.73 Å². The van der Waals surface area contributed by atoms with Gasteiger partial charge in [0.2, 0.25) is 5.91 Å². The zero-order valence-electron chi connectivity index (χ0n) is 14.5. The molecule has 2 N–H and O–H groups in total. The minimum atomic E-state index is -3.45. The van der Waals surface area contributed by atoms with Crippen molar-refractivity contribution in [3.8, 4) is 0 Å². The normalized spacial score (nSPS) is 22.6. The number of hydrogen-bond acceptors (Lipinski definition) is 4. The van der Waals surface area contributed by atoms with Crippen LogP contribution >= 0.6 is 0 Å². The standard InChI is InChI=1S/C15H30N4O3S/c1-15(2,16)14(20)18-9-11-19(12-10-18)23(21,22)17(3)13-7-5-4-6-8-13/h13H,4-12,16H2,1-3H3. The van der Waals surface area contributed by atoms with Crippen molar-refractivity contribution in [1.29, 1.82) is 0 Å². The van der Waals surface area contributed by atoms with E-state index in [9.17, 15) is 13.2 Å². The minimum absolute atomic E-state index is 0.108. The lowest BCUT2D eigenvalue weighted by Crippen LogP contribution is -2.59. The van der Waals surface area contributed by atoms with Crippen molar-refractivity contribution in [2.45, 2.75) is 57.5 Å². The number of piperazine rings is 1. The maximum atomic E-state index is 12.8. The lowest BCUT2D eigenvalue weighted by Gasteiger charge is -2.40. The van der Waals surface area contributed by atoms with Crippen molar-refractivity contribution in [3.63, 3.8) is 0 Å². The quantitative estimate of drug-likeness (QED) is 0.797. The molecule has 1 saturated carbocycles. The summed E-state index contributed by atoms with van der Waals surface area (Å²) in [5.74, 6) is -0.129. The Hall–Kier alpha value is -0.700. The smallest absolute Gasteiger partial charge is 0.282 e. The van der Waals surface area contributed by atoms with Gasteiger partial charge in [-0.2, -0.15) is 17.0 Å². The Kier molecular flexibility index (Phi) is 5.71. The second-order valence-electron chi connectivity index (χ2n) is 7.23. The van der Waals surface area contributed by atoms with Gasteiger partial charge >= 0.3 is 0 Å². The van der Waals surface area contributed by atoms with Crippen LogP contribution in [0.5, 0.6) is 0 Å². The summed E-state index contributed by atoms with van der Waals surface area (Å²) in [5, 5.41) is 0. The lowest BCUT2D eigenvalue weighted by atomic mass is 9.96. The number of hydrogen-bond donors (Lipinski definition) is 1. The molecule has 0 aromatic heterocycles. The number of rotatable bonds is 4. The van der Waals surface area contributed by atoms with Crippen molar-refractivity contribution < 1.29 is 13.2 Å². The van der Waals surface area contributed by atoms with E-state index in [0.717, 1.165) is 25.7 Å². The zero-order chi connectivity index (χ0) is 17.3. The van der Waals surface area contributed by atoms with Gasteiger partial charge in [-0.3, -0.25) is 4.79 Å². The third-order valence-corrected chi connectivity index (χ3v) is 6.90. The van der Waals surface area contributed by atoms with Crippen LogP contribution in [0, 0.1) is 0 Å². The Morgan fingerprint density at radius 1 is 1.09 bits per heavy atom. The molecule has 0 unspecified atom stereocenters. The van der Waals surface area contributed by atoms with E-state index in [0.29, 0.717) is 26.2 Å². The highest BCUT2D eigenvalue weighted by molar-refractivity contribution is 7.86. The molecule has 7 nitrogen and oxygen atoms in total. The molecule has 1 saturated heterocycles. The fourth-order valence-corrected chi connectivity index (χ4v) is 4.92. The summed E-state index contributed by atoms with van der Waals surface area (Å²) in [4.78, 5) is 13.8. The third kappa shape index (κ3) is 4.23. The Morgan fingerprint density at radius 3 is 2.09 bits per heavy atom. The predicted octanol–water partition coefficient (Wildman–Crippen LogP) is 0.377. The SMILES string of the molecule is CN(C1CCCCC1)S(=O)(=O)N1CCN(C(=O)C(C)(C)N)CC1. The van der Waals surface area contributed by atoms with Crippen LogP contribution in [0.1, 0.15) is 46.0 Å². The molecular weight excluding hydrogens is 316 g/mol. The summed E-state index contributed by atoms with van der Waals surface area (Å²) >= 11 is 0. The molecule has 1 aliphatic carbocycles. The Balaban J connectivity index is 1.96. The van der Waals surface area contributed by atoms with Gasteiger partial charge in [0, 0.05) is 39.3 Å². The fourth-order valence-electron chi connectivity index (χ4n) is 3.34. The average molecular weight is 346 g/mol. The monoisotopic (exact) mass is 346 g/mol. The number of nitrogens with two attached hydrogens (primary N) is 1. The van der Waals surface area contributed by atoms with Crippen molar-refractivity contribution in [1.82, 2.24) is 13.5 Å². The van der Waals surface area contributed by atoms with Gasteiger partial charge in [-0.25, -0.2) is 0 Å². The minimum Gasteiger partial charge on any atom is -0.338 e. The van der Waals surface area contributed by atoms with Crippen LogP contribution in [0.4, 0.5) is 0 Å². The van der Waals surface area contributed by atoms with E-state index in [1.165, 1.54) is 15.0 Å². The maximum Gasteiger partial charge on any atom is 0.282 e. The van der Waals surface area contributed by atoms with E-state index >= 15 is 0 Å². The van der Waals surface area contributed by atoms with Crippen LogP contribution in [-0.2, 0) is 15.0 Å². The van der Waals surface area contributed by atoms with E-state index in [1.807, 2.05) is 0 Å². The van der Waals surface area contributed by atoms with Crippen LogP contribution in [0.15, 0.2) is 0 Å². The van der Waals surface area contributed by atoms with E-state index in [-0.39, 0.29) is 11.9 Å². The van der Waals surface area contributed by atoms with E-state index in [1.54, 1.807) is 25.8 Å². The molecule has 2 aliphatic rings. The molecule has 134 valence electrons. The topological polar surface area (TPSA) is 87.0 Å². The number of nitrogens with zero attached hydrogens (tertiary/aromatic N) is 3. The Labute approximate surface area is 140 Å². The largest absolute Gasteiger partial charge is 0.338 e. The van der Waals surface area contributed by atoms with Crippen molar-refractivity contribution >= 4 is 16.1 Å². The fraction of sp³-hybridized carbons (Fsp3) is 0.933. The summed E-state index contributed by atoms with van der Waals surface area (Å²) < 4.78 is 28.6. The molecule has 0 aromatic carbocycles. The molecular formula is C15H30N4O3S. The van der Waals surface area contributed by atoms with E-state index < -0.39 is 15.7 Å². The molecule has 0 atom stereocenters. The summed E-state index contributed by atoms with van der Waals surface area (Å²) in [6.07, 6.45) is 5.27. The first-order chi connectivity index (χ1) is 10.6. The Morgan fingerprint density at radius 2 is 1.61 bits per heavy atom. The first kappa shape index (κ1) is 18.6. The summed E-state index contributed by atoms with van der Waals surface area (Å²) in [6.45, 7) is 4.82. The molecule has 2 fully saturated rings. The third-order valence-electron chi connectivity index (χ3n) is 4.86. The van der Waals surface area contributed by atoms with Crippen LogP contribution in [0.2, 0.25) is 0 Å². The predicted molar refractivity (Wildman–Crippen MR) is 90.0 cm³/mol. The number of carbonyl (C=O) groups is 1. The lowest BCUT2D eigenvalue weighted by molar-refractivity contribution is -0.137. The van der Waals surface area contributed by atoms with Crippen molar-refractivity contribution in [2.75, 3.05) is 33.2 Å². The van der Waals surface area contributed by atoms with Crippen LogP contribution in [0.25, 0.3) is 0 Å². The molecule has 0 bridgehead atoms. The first-order valence-corrected chi connectivity index (χ1v) is 9.85. The van der Waals surface area contributed by atoms with Crippen LogP contribution < -0.4 is 5.73 Å². The molecule has 8 heteroatoms. The van der Waals surface area contributed by atoms with Gasteiger partial charge in [0.25, 0.3) is 10.2 Å². The highest BCUT2D eigenvalue weighted by atomic mass is 32.2. The molecule has 1 aliphatic heterocycles. The van der Waals surface area contributed by atoms with Gasteiger partial charge in [0.05, 0.1) is 5.54 Å².